The number of ether oxygens (including phenoxy) is 1. The van der Waals surface area contributed by atoms with Gasteiger partial charge in [0.2, 0.25) is 0 Å². The summed E-state index contributed by atoms with van der Waals surface area (Å²) in [5, 5.41) is 3.54. The van der Waals surface area contributed by atoms with Crippen molar-refractivity contribution in [2.45, 2.75) is 11.4 Å². The number of nitrogens with one attached hydrogen (secondary N) is 1. The van der Waals surface area contributed by atoms with Crippen LogP contribution in [0.3, 0.4) is 0 Å². The molecule has 0 amide bonds. The molecule has 0 aliphatic carbocycles. The van der Waals surface area contributed by atoms with E-state index in [0.717, 1.165) is 10.5 Å². The van der Waals surface area contributed by atoms with E-state index < -0.39 is 10.8 Å². The Morgan fingerprint density at radius 2 is 2.05 bits per heavy atom. The summed E-state index contributed by atoms with van der Waals surface area (Å²) in [6, 6.07) is 7.77. The van der Waals surface area contributed by atoms with E-state index in [4.69, 9.17) is 16.3 Å². The molecule has 1 heterocycles. The largest absolute Gasteiger partial charge is 0.467 e. The Labute approximate surface area is 124 Å². The third kappa shape index (κ3) is 3.68. The fraction of sp³-hybridized carbons (Fsp3) is 0.231. The molecule has 0 aliphatic rings. The van der Waals surface area contributed by atoms with Crippen LogP contribution in [0, 0.1) is 0 Å². The van der Waals surface area contributed by atoms with Crippen LogP contribution in [-0.4, -0.2) is 27.5 Å². The van der Waals surface area contributed by atoms with Gasteiger partial charge in [-0.15, -0.1) is 0 Å². The number of nitrogens with zero attached hydrogens (tertiary/aromatic N) is 2. The summed E-state index contributed by atoms with van der Waals surface area (Å²) in [5.41, 5.74) is 1.04. The second kappa shape index (κ2) is 6.67. The smallest absolute Gasteiger partial charge is 0.318 e. The van der Waals surface area contributed by atoms with Gasteiger partial charge in [0, 0.05) is 28.5 Å². The molecule has 0 saturated carbocycles. The van der Waals surface area contributed by atoms with Crippen LogP contribution in [0.25, 0.3) is 0 Å². The second-order valence-corrected chi connectivity index (χ2v) is 5.79. The fourth-order valence-corrected chi connectivity index (χ4v) is 2.24. The average Bonchev–Trinajstić information content (AvgIpc) is 2.47. The Bertz CT molecular complexity index is 620. The molecule has 0 aliphatic heterocycles. The van der Waals surface area contributed by atoms with Crippen molar-refractivity contribution in [2.75, 3.05) is 18.7 Å². The number of halogens is 1. The molecule has 1 N–H and O–H groups in total. The average molecular weight is 312 g/mol. The van der Waals surface area contributed by atoms with Crippen molar-refractivity contribution in [3.8, 4) is 6.01 Å². The van der Waals surface area contributed by atoms with Crippen molar-refractivity contribution in [1.29, 1.82) is 0 Å². The maximum atomic E-state index is 11.3. The maximum Gasteiger partial charge on any atom is 0.318 e. The number of benzene rings is 1. The summed E-state index contributed by atoms with van der Waals surface area (Å²) in [7, 11) is 0.533. The van der Waals surface area contributed by atoms with Crippen LogP contribution in [0.1, 0.15) is 5.56 Å². The van der Waals surface area contributed by atoms with Crippen molar-refractivity contribution in [3.63, 3.8) is 0 Å². The molecular formula is C13H14ClN3O2S. The first-order valence-electron chi connectivity index (χ1n) is 5.83. The summed E-state index contributed by atoms with van der Waals surface area (Å²) in [6.45, 7) is 0.552. The van der Waals surface area contributed by atoms with Crippen LogP contribution < -0.4 is 10.1 Å². The van der Waals surface area contributed by atoms with Crippen molar-refractivity contribution >= 4 is 28.2 Å². The van der Waals surface area contributed by atoms with Crippen LogP contribution in [0.15, 0.2) is 35.4 Å². The van der Waals surface area contributed by atoms with Gasteiger partial charge in [-0.1, -0.05) is 23.7 Å². The molecule has 0 radical (unpaired) electrons. The molecule has 0 fully saturated rings. The molecule has 1 atom stereocenters. The molecule has 20 heavy (non-hydrogen) atoms. The van der Waals surface area contributed by atoms with E-state index >= 15 is 0 Å². The topological polar surface area (TPSA) is 64.1 Å². The van der Waals surface area contributed by atoms with E-state index in [9.17, 15) is 4.21 Å². The normalized spacial score (nSPS) is 11.9. The number of anilines is 1. The standard InChI is InChI=1S/C13H14ClN3O2S/c1-19-13-16-8-11(14)12(17-13)15-7-9-3-5-10(6-4-9)20(2)18/h3-6,8H,7H2,1-2H3,(H,15,16,17)/t20-/m0/s1. The van der Waals surface area contributed by atoms with Crippen LogP contribution in [0.5, 0.6) is 6.01 Å². The van der Waals surface area contributed by atoms with Crippen LogP contribution >= 0.6 is 11.6 Å². The number of rotatable bonds is 5. The Hall–Kier alpha value is -1.66. The van der Waals surface area contributed by atoms with Gasteiger partial charge in [-0.3, -0.25) is 4.21 Å². The first-order valence-corrected chi connectivity index (χ1v) is 7.76. The molecule has 1 aromatic carbocycles. The van der Waals surface area contributed by atoms with Gasteiger partial charge in [0.1, 0.15) is 5.02 Å². The Kier molecular flexibility index (Phi) is 4.92. The summed E-state index contributed by atoms with van der Waals surface area (Å²) in [4.78, 5) is 8.83. The summed E-state index contributed by atoms with van der Waals surface area (Å²) in [6.07, 6.45) is 3.14. The highest BCUT2D eigenvalue weighted by atomic mass is 35.5. The highest BCUT2D eigenvalue weighted by Gasteiger charge is 2.05. The highest BCUT2D eigenvalue weighted by molar-refractivity contribution is 7.84. The molecule has 5 nitrogen and oxygen atoms in total. The van der Waals surface area contributed by atoms with Crippen molar-refractivity contribution in [3.05, 3.63) is 41.0 Å². The molecule has 0 spiro atoms. The van der Waals surface area contributed by atoms with E-state index in [1.54, 1.807) is 6.26 Å². The predicted octanol–water partition coefficient (Wildman–Crippen LogP) is 2.49. The van der Waals surface area contributed by atoms with Gasteiger partial charge in [0.15, 0.2) is 5.82 Å². The molecule has 0 unspecified atom stereocenters. The second-order valence-electron chi connectivity index (χ2n) is 4.00. The number of methoxy groups -OCH3 is 1. The van der Waals surface area contributed by atoms with Crippen molar-refractivity contribution in [2.24, 2.45) is 0 Å². The van der Waals surface area contributed by atoms with Gasteiger partial charge in [-0.25, -0.2) is 4.98 Å². The zero-order chi connectivity index (χ0) is 14.5. The van der Waals surface area contributed by atoms with Gasteiger partial charge < -0.3 is 10.1 Å². The van der Waals surface area contributed by atoms with Crippen molar-refractivity contribution < 1.29 is 8.95 Å². The van der Waals surface area contributed by atoms with E-state index in [1.807, 2.05) is 24.3 Å². The lowest BCUT2D eigenvalue weighted by Crippen LogP contribution is -2.04. The lowest BCUT2D eigenvalue weighted by molar-refractivity contribution is 0.380. The Morgan fingerprint density at radius 1 is 1.35 bits per heavy atom. The summed E-state index contributed by atoms with van der Waals surface area (Å²) < 4.78 is 16.2. The minimum atomic E-state index is -0.964. The minimum Gasteiger partial charge on any atom is -0.467 e. The summed E-state index contributed by atoms with van der Waals surface area (Å²) in [5.74, 6) is 0.515. The fourth-order valence-electron chi connectivity index (χ4n) is 1.56. The van der Waals surface area contributed by atoms with Gasteiger partial charge in [-0.2, -0.15) is 4.98 Å². The van der Waals surface area contributed by atoms with Gasteiger partial charge in [-0.05, 0) is 17.7 Å². The quantitative estimate of drug-likeness (QED) is 0.919. The molecule has 106 valence electrons. The monoisotopic (exact) mass is 311 g/mol. The molecule has 7 heteroatoms. The van der Waals surface area contributed by atoms with E-state index in [-0.39, 0.29) is 6.01 Å². The zero-order valence-corrected chi connectivity index (χ0v) is 12.7. The van der Waals surface area contributed by atoms with E-state index in [1.165, 1.54) is 13.3 Å². The van der Waals surface area contributed by atoms with Crippen LogP contribution in [0.4, 0.5) is 5.82 Å². The molecule has 2 aromatic rings. The Morgan fingerprint density at radius 3 is 2.65 bits per heavy atom. The molecular weight excluding hydrogens is 298 g/mol. The molecule has 0 saturated heterocycles. The predicted molar refractivity (Wildman–Crippen MR) is 79.7 cm³/mol. The minimum absolute atomic E-state index is 0.258. The third-order valence-electron chi connectivity index (χ3n) is 2.62. The summed E-state index contributed by atoms with van der Waals surface area (Å²) >= 11 is 6.00. The van der Waals surface area contributed by atoms with Crippen molar-refractivity contribution in [1.82, 2.24) is 9.97 Å². The van der Waals surface area contributed by atoms with E-state index in [0.29, 0.717) is 17.4 Å². The first-order chi connectivity index (χ1) is 9.60. The highest BCUT2D eigenvalue weighted by Crippen LogP contribution is 2.21. The number of hydrogen-bond donors (Lipinski definition) is 1. The van der Waals surface area contributed by atoms with Gasteiger partial charge in [0.25, 0.3) is 0 Å². The molecule has 0 bridgehead atoms. The maximum absolute atomic E-state index is 11.3. The lowest BCUT2D eigenvalue weighted by atomic mass is 10.2. The van der Waals surface area contributed by atoms with Gasteiger partial charge in [0.05, 0.1) is 13.3 Å². The van der Waals surface area contributed by atoms with E-state index in [2.05, 4.69) is 15.3 Å². The lowest BCUT2D eigenvalue weighted by Gasteiger charge is -2.08. The first kappa shape index (κ1) is 14.7. The number of aromatic nitrogens is 2. The van der Waals surface area contributed by atoms with Gasteiger partial charge >= 0.3 is 6.01 Å². The Balaban J connectivity index is 2.06. The molecule has 1 aromatic heterocycles. The van der Waals surface area contributed by atoms with Crippen LogP contribution in [0.2, 0.25) is 5.02 Å². The van der Waals surface area contributed by atoms with Crippen LogP contribution in [-0.2, 0) is 17.3 Å². The number of hydrogen-bond acceptors (Lipinski definition) is 5. The third-order valence-corrected chi connectivity index (χ3v) is 3.83. The molecule has 2 rings (SSSR count). The SMILES string of the molecule is COc1ncc(Cl)c(NCc2ccc([S@](C)=O)cc2)n1. The zero-order valence-electron chi connectivity index (χ0n) is 11.1.